The van der Waals surface area contributed by atoms with Gasteiger partial charge < -0.3 is 14.8 Å². The minimum absolute atomic E-state index is 0.259. The van der Waals surface area contributed by atoms with Gasteiger partial charge in [-0.2, -0.15) is 5.26 Å². The maximum atomic E-state index is 8.84. The molecule has 0 radical (unpaired) electrons. The third kappa shape index (κ3) is 2.36. The highest BCUT2D eigenvalue weighted by Gasteiger charge is 2.16. The molecule has 4 nitrogen and oxygen atoms in total. The summed E-state index contributed by atoms with van der Waals surface area (Å²) in [5, 5.41) is 12.5. The van der Waals surface area contributed by atoms with Crippen molar-refractivity contribution in [2.45, 2.75) is 6.54 Å². The number of hydrogen-bond donors (Lipinski definition) is 1. The summed E-state index contributed by atoms with van der Waals surface area (Å²) in [7, 11) is 0. The van der Waals surface area contributed by atoms with Crippen molar-refractivity contribution in [1.82, 2.24) is 0 Å². The Morgan fingerprint density at radius 2 is 2.15 bits per heavy atom. The van der Waals surface area contributed by atoms with Crippen LogP contribution >= 0.6 is 11.6 Å². The first-order valence-corrected chi connectivity index (χ1v) is 6.47. The van der Waals surface area contributed by atoms with Crippen LogP contribution in [0.25, 0.3) is 0 Å². The van der Waals surface area contributed by atoms with Gasteiger partial charge in [0, 0.05) is 17.8 Å². The van der Waals surface area contributed by atoms with E-state index in [4.69, 9.17) is 26.3 Å². The van der Waals surface area contributed by atoms with Gasteiger partial charge in [0.1, 0.15) is 6.07 Å². The molecule has 1 aliphatic rings. The molecule has 0 fully saturated rings. The number of hydrogen-bond acceptors (Lipinski definition) is 4. The van der Waals surface area contributed by atoms with Gasteiger partial charge in [-0.15, -0.1) is 0 Å². The molecule has 0 aromatic heterocycles. The molecule has 0 amide bonds. The smallest absolute Gasteiger partial charge is 0.231 e. The van der Waals surface area contributed by atoms with Gasteiger partial charge in [0.15, 0.2) is 11.5 Å². The Morgan fingerprint density at radius 1 is 1.25 bits per heavy atom. The van der Waals surface area contributed by atoms with Crippen molar-refractivity contribution >= 4 is 17.3 Å². The van der Waals surface area contributed by atoms with E-state index < -0.39 is 0 Å². The molecule has 20 heavy (non-hydrogen) atoms. The van der Waals surface area contributed by atoms with Crippen molar-refractivity contribution in [2.24, 2.45) is 0 Å². The van der Waals surface area contributed by atoms with E-state index in [1.54, 1.807) is 12.1 Å². The molecule has 0 spiro atoms. The fourth-order valence-electron chi connectivity index (χ4n) is 2.04. The van der Waals surface area contributed by atoms with E-state index in [-0.39, 0.29) is 6.79 Å². The predicted octanol–water partition coefficient (Wildman–Crippen LogP) is 3.55. The lowest BCUT2D eigenvalue weighted by Crippen LogP contribution is -2.01. The van der Waals surface area contributed by atoms with Crippen LogP contribution in [-0.2, 0) is 6.54 Å². The molecule has 3 rings (SSSR count). The SMILES string of the molecule is N#Cc1ccc(NCc2cccc3c2OCO3)cc1Cl. The fourth-order valence-corrected chi connectivity index (χ4v) is 2.27. The van der Waals surface area contributed by atoms with Crippen LogP contribution < -0.4 is 14.8 Å². The Labute approximate surface area is 121 Å². The molecule has 0 aliphatic carbocycles. The van der Waals surface area contributed by atoms with Crippen molar-refractivity contribution in [1.29, 1.82) is 5.26 Å². The summed E-state index contributed by atoms with van der Waals surface area (Å²) in [6, 6.07) is 13.1. The van der Waals surface area contributed by atoms with Gasteiger partial charge >= 0.3 is 0 Å². The number of nitrogens with one attached hydrogen (secondary N) is 1. The lowest BCUT2D eigenvalue weighted by Gasteiger charge is -2.09. The Hall–Kier alpha value is -2.38. The maximum absolute atomic E-state index is 8.84. The second-order valence-electron chi connectivity index (χ2n) is 4.31. The van der Waals surface area contributed by atoms with Crippen molar-refractivity contribution in [3.05, 3.63) is 52.5 Å². The van der Waals surface area contributed by atoms with Crippen molar-refractivity contribution in [3.63, 3.8) is 0 Å². The molecule has 0 atom stereocenters. The number of para-hydroxylation sites is 1. The van der Waals surface area contributed by atoms with E-state index >= 15 is 0 Å². The summed E-state index contributed by atoms with van der Waals surface area (Å²) >= 11 is 6.00. The molecule has 0 saturated carbocycles. The minimum atomic E-state index is 0.259. The summed E-state index contributed by atoms with van der Waals surface area (Å²) in [5.41, 5.74) is 2.33. The van der Waals surface area contributed by atoms with E-state index in [0.29, 0.717) is 17.1 Å². The molecule has 100 valence electrons. The van der Waals surface area contributed by atoms with Gasteiger partial charge in [0.2, 0.25) is 6.79 Å². The zero-order chi connectivity index (χ0) is 13.9. The zero-order valence-corrected chi connectivity index (χ0v) is 11.3. The zero-order valence-electron chi connectivity index (χ0n) is 10.5. The van der Waals surface area contributed by atoms with Crippen LogP contribution in [0.4, 0.5) is 5.69 Å². The molecule has 2 aromatic carbocycles. The molecular weight excluding hydrogens is 276 g/mol. The molecule has 0 unspecified atom stereocenters. The van der Waals surface area contributed by atoms with Crippen molar-refractivity contribution in [3.8, 4) is 17.6 Å². The summed E-state index contributed by atoms with van der Waals surface area (Å²) in [5.74, 6) is 1.54. The Bertz CT molecular complexity index is 695. The summed E-state index contributed by atoms with van der Waals surface area (Å²) < 4.78 is 10.8. The van der Waals surface area contributed by atoms with Crippen LogP contribution in [0.2, 0.25) is 5.02 Å². The van der Waals surface area contributed by atoms with E-state index in [2.05, 4.69) is 5.32 Å². The second kappa shape index (κ2) is 5.32. The van der Waals surface area contributed by atoms with Crippen molar-refractivity contribution in [2.75, 3.05) is 12.1 Å². The van der Waals surface area contributed by atoms with E-state index in [1.165, 1.54) is 0 Å². The third-order valence-electron chi connectivity index (χ3n) is 3.05. The van der Waals surface area contributed by atoms with Crippen LogP contribution in [0.1, 0.15) is 11.1 Å². The van der Waals surface area contributed by atoms with Gasteiger partial charge in [0.05, 0.1) is 10.6 Å². The van der Waals surface area contributed by atoms with E-state index in [9.17, 15) is 0 Å². The van der Waals surface area contributed by atoms with Crippen LogP contribution in [0.5, 0.6) is 11.5 Å². The second-order valence-corrected chi connectivity index (χ2v) is 4.72. The van der Waals surface area contributed by atoms with Gasteiger partial charge in [-0.25, -0.2) is 0 Å². The van der Waals surface area contributed by atoms with Crippen LogP contribution in [0, 0.1) is 11.3 Å². The lowest BCUT2D eigenvalue weighted by molar-refractivity contribution is 0.173. The number of ether oxygens (including phenoxy) is 2. The van der Waals surface area contributed by atoms with Crippen LogP contribution in [-0.4, -0.2) is 6.79 Å². The highest BCUT2D eigenvalue weighted by Crippen LogP contribution is 2.35. The first-order chi connectivity index (χ1) is 9.78. The van der Waals surface area contributed by atoms with Gasteiger partial charge in [-0.05, 0) is 24.3 Å². The number of rotatable bonds is 3. The molecular formula is C15H11ClN2O2. The number of halogens is 1. The number of anilines is 1. The molecule has 0 saturated heterocycles. The van der Waals surface area contributed by atoms with Gasteiger partial charge in [-0.3, -0.25) is 0 Å². The molecule has 1 aliphatic heterocycles. The molecule has 0 bridgehead atoms. The Kier molecular flexibility index (Phi) is 3.36. The average Bonchev–Trinajstić information content (AvgIpc) is 2.94. The van der Waals surface area contributed by atoms with Gasteiger partial charge in [0.25, 0.3) is 0 Å². The van der Waals surface area contributed by atoms with E-state index in [0.717, 1.165) is 22.7 Å². The highest BCUT2D eigenvalue weighted by molar-refractivity contribution is 6.32. The first-order valence-electron chi connectivity index (χ1n) is 6.09. The highest BCUT2D eigenvalue weighted by atomic mass is 35.5. The van der Waals surface area contributed by atoms with Crippen molar-refractivity contribution < 1.29 is 9.47 Å². The van der Waals surface area contributed by atoms with E-state index in [1.807, 2.05) is 30.3 Å². The normalized spacial score (nSPS) is 12.0. The number of benzene rings is 2. The van der Waals surface area contributed by atoms with Crippen LogP contribution in [0.3, 0.4) is 0 Å². The topological polar surface area (TPSA) is 54.3 Å². The van der Waals surface area contributed by atoms with Gasteiger partial charge in [-0.1, -0.05) is 23.7 Å². The largest absolute Gasteiger partial charge is 0.454 e. The molecule has 5 heteroatoms. The summed E-state index contributed by atoms with van der Waals surface area (Å²) in [6.45, 7) is 0.851. The lowest BCUT2D eigenvalue weighted by atomic mass is 10.1. The summed E-state index contributed by atoms with van der Waals surface area (Å²) in [6.07, 6.45) is 0. The predicted molar refractivity (Wildman–Crippen MR) is 76.1 cm³/mol. The average molecular weight is 287 g/mol. The number of fused-ring (bicyclic) bond motifs is 1. The first kappa shape index (κ1) is 12.6. The molecule has 2 aromatic rings. The molecule has 1 heterocycles. The standard InChI is InChI=1S/C15H11ClN2O2/c16-13-6-12(5-4-10(13)7-17)18-8-11-2-1-3-14-15(11)20-9-19-14/h1-6,18H,8-9H2. The minimum Gasteiger partial charge on any atom is -0.454 e. The number of nitrogens with zero attached hydrogens (tertiary/aromatic N) is 1. The fraction of sp³-hybridized carbons (Fsp3) is 0.133. The quantitative estimate of drug-likeness (QED) is 0.937. The number of nitriles is 1. The summed E-state index contributed by atoms with van der Waals surface area (Å²) in [4.78, 5) is 0. The monoisotopic (exact) mass is 286 g/mol. The molecule has 1 N–H and O–H groups in total. The van der Waals surface area contributed by atoms with Crippen LogP contribution in [0.15, 0.2) is 36.4 Å². The third-order valence-corrected chi connectivity index (χ3v) is 3.36. The maximum Gasteiger partial charge on any atom is 0.231 e. The Balaban J connectivity index is 1.76. The Morgan fingerprint density at radius 3 is 2.95 bits per heavy atom.